The fraction of sp³-hybridized carbons (Fsp3) is 0.146. The molecule has 5 aromatic carbocycles. The first-order valence-corrected chi connectivity index (χ1v) is 18.6. The summed E-state index contributed by atoms with van der Waals surface area (Å²) in [6.45, 7) is -1.56. The Morgan fingerprint density at radius 3 is 1.13 bits per heavy atom. The monoisotopic (exact) mass is 954 g/mol. The minimum atomic E-state index is -3.19. The minimum absolute atomic E-state index is 0.292. The van der Waals surface area contributed by atoms with Crippen molar-refractivity contribution in [2.45, 2.75) is 30.7 Å². The van der Waals surface area contributed by atoms with Crippen LogP contribution < -0.4 is 0 Å². The van der Waals surface area contributed by atoms with Gasteiger partial charge in [0.05, 0.1) is 27.8 Å². The number of ether oxygens (including phenoxy) is 5. The van der Waals surface area contributed by atoms with Crippen LogP contribution in [0, 0.1) is 0 Å². The van der Waals surface area contributed by atoms with Gasteiger partial charge in [0, 0.05) is 22.3 Å². The van der Waals surface area contributed by atoms with E-state index >= 15 is 0 Å². The molecule has 0 saturated heterocycles. The normalized spacial score (nSPS) is 18.3. The SMILES string of the molecule is O=C(OC1COC(=O)c2cc(O)c(O)c(O)c2-c2c(cc(O)c(O)c2O)C(=O)OC1C1OC(=O)c2cc(O)c(O)c(O)c2-c2c(cc(O)c(O)c2O)C(=O)OC1C(O)O)c1cc(O)c(O)c(O)c1. The third-order valence-electron chi connectivity index (χ3n) is 10.4. The molecule has 7 rings (SSSR count). The molecule has 0 spiro atoms. The van der Waals surface area contributed by atoms with Crippen molar-refractivity contribution < 1.29 is 134 Å². The molecule has 356 valence electrons. The van der Waals surface area contributed by atoms with Crippen LogP contribution >= 0.6 is 0 Å². The van der Waals surface area contributed by atoms with Gasteiger partial charge in [0.15, 0.2) is 94.0 Å². The van der Waals surface area contributed by atoms with Crippen molar-refractivity contribution in [2.75, 3.05) is 6.61 Å². The molecule has 27 nitrogen and oxygen atoms in total. The summed E-state index contributed by atoms with van der Waals surface area (Å²) in [7, 11) is 0. The van der Waals surface area contributed by atoms with Crippen molar-refractivity contribution >= 4 is 29.8 Å². The molecular formula is C41H30O27. The number of aliphatic hydroxyl groups is 2. The second-order valence-electron chi connectivity index (χ2n) is 14.5. The number of phenolic OH excluding ortho intramolecular Hbond substituents is 15. The molecule has 0 amide bonds. The summed E-state index contributed by atoms with van der Waals surface area (Å²) >= 11 is 0. The molecule has 5 aromatic rings. The lowest BCUT2D eigenvalue weighted by molar-refractivity contribution is -0.193. The highest BCUT2D eigenvalue weighted by molar-refractivity contribution is 6.10. The summed E-state index contributed by atoms with van der Waals surface area (Å²) in [5.41, 5.74) is -10.4. The van der Waals surface area contributed by atoms with E-state index in [0.29, 0.717) is 36.4 Å². The zero-order valence-electron chi connectivity index (χ0n) is 33.2. The number of carbonyl (C=O) groups excluding carboxylic acids is 5. The highest BCUT2D eigenvalue weighted by atomic mass is 16.7. The van der Waals surface area contributed by atoms with Gasteiger partial charge >= 0.3 is 29.8 Å². The lowest BCUT2D eigenvalue weighted by atomic mass is 9.91. The van der Waals surface area contributed by atoms with E-state index in [1.165, 1.54) is 0 Å². The van der Waals surface area contributed by atoms with Gasteiger partial charge in [-0.2, -0.15) is 0 Å². The van der Waals surface area contributed by atoms with Crippen LogP contribution in [0.2, 0.25) is 0 Å². The Morgan fingerprint density at radius 2 is 0.765 bits per heavy atom. The maximum Gasteiger partial charge on any atom is 0.339 e. The number of aromatic hydroxyl groups is 15. The topological polar surface area (TPSA) is 475 Å². The van der Waals surface area contributed by atoms with Crippen molar-refractivity contribution in [1.29, 1.82) is 0 Å². The molecule has 0 saturated carbocycles. The van der Waals surface area contributed by atoms with Crippen LogP contribution in [0.4, 0.5) is 0 Å². The van der Waals surface area contributed by atoms with E-state index in [1.54, 1.807) is 0 Å². The van der Waals surface area contributed by atoms with Crippen molar-refractivity contribution in [3.05, 3.63) is 64.2 Å². The van der Waals surface area contributed by atoms with Gasteiger partial charge < -0.3 is 110 Å². The third kappa shape index (κ3) is 7.54. The van der Waals surface area contributed by atoms with E-state index in [9.17, 15) is 111 Å². The van der Waals surface area contributed by atoms with Gasteiger partial charge in [-0.25, -0.2) is 24.0 Å². The first-order chi connectivity index (χ1) is 31.8. The summed E-state index contributed by atoms with van der Waals surface area (Å²) < 4.78 is 27.0. The van der Waals surface area contributed by atoms with Gasteiger partial charge in [-0.05, 0) is 36.4 Å². The number of fused-ring (bicyclic) bond motifs is 6. The quantitative estimate of drug-likeness (QED) is 0.0507. The average molecular weight is 955 g/mol. The maximum atomic E-state index is 14.6. The van der Waals surface area contributed by atoms with Crippen molar-refractivity contribution in [3.63, 3.8) is 0 Å². The summed E-state index contributed by atoms with van der Waals surface area (Å²) in [5, 5.41) is 180. The second-order valence-corrected chi connectivity index (χ2v) is 14.5. The van der Waals surface area contributed by atoms with E-state index < -0.39 is 203 Å². The first-order valence-electron chi connectivity index (χ1n) is 18.6. The predicted octanol–water partition coefficient (Wildman–Crippen LogP) is 0.601. The van der Waals surface area contributed by atoms with Gasteiger partial charge in [-0.15, -0.1) is 0 Å². The molecule has 2 aliphatic heterocycles. The number of carbonyl (C=O) groups is 5. The standard InChI is InChI=1S/C41H30O27/c42-13-1-8(2-14(43)24(13)48)37(59)65-19-7-64-38(60)9-3-15(44)25(49)29(53)20(9)21-10(4-16(45)26(50)30(21)54)39(61)66-33(19)34-35(36(57)58)68-41(63)12-6-18(47)28(52)32(56)23(12)22-11(40(62)67-34)5-17(46)27(51)31(22)55/h1-6,19,33-36,42-58H,7H2. The number of rotatable bonds is 4. The fourth-order valence-electron chi connectivity index (χ4n) is 7.13. The van der Waals surface area contributed by atoms with Crippen LogP contribution in [0.3, 0.4) is 0 Å². The van der Waals surface area contributed by atoms with Crippen LogP contribution in [-0.2, 0) is 23.7 Å². The molecule has 17 N–H and O–H groups in total. The van der Waals surface area contributed by atoms with Gasteiger partial charge in [-0.1, -0.05) is 0 Å². The van der Waals surface area contributed by atoms with Gasteiger partial charge in [0.1, 0.15) is 6.61 Å². The zero-order valence-corrected chi connectivity index (χ0v) is 33.2. The molecule has 0 aromatic heterocycles. The Labute approximate surface area is 374 Å². The Hall–Kier alpha value is -9.63. The van der Waals surface area contributed by atoms with E-state index in [0.717, 1.165) is 0 Å². The predicted molar refractivity (Wildman–Crippen MR) is 210 cm³/mol. The summed E-state index contributed by atoms with van der Waals surface area (Å²) in [5.74, 6) is -30.2. The van der Waals surface area contributed by atoms with E-state index in [-0.39, 0.29) is 0 Å². The lowest BCUT2D eigenvalue weighted by Crippen LogP contribution is -2.56. The number of aliphatic hydroxyl groups excluding tert-OH is 1. The molecule has 0 fully saturated rings. The largest absolute Gasteiger partial charge is 0.504 e. The van der Waals surface area contributed by atoms with E-state index in [4.69, 9.17) is 23.7 Å². The Bertz CT molecular complexity index is 3000. The van der Waals surface area contributed by atoms with Crippen LogP contribution in [0.1, 0.15) is 51.8 Å². The molecule has 27 heteroatoms. The third-order valence-corrected chi connectivity index (χ3v) is 10.4. The van der Waals surface area contributed by atoms with Gasteiger partial charge in [0.25, 0.3) is 0 Å². The zero-order chi connectivity index (χ0) is 50.1. The highest BCUT2D eigenvalue weighted by Crippen LogP contribution is 2.55. The first kappa shape index (κ1) is 46.4. The maximum absolute atomic E-state index is 14.6. The summed E-state index contributed by atoms with van der Waals surface area (Å²) in [4.78, 5) is 70.8. The number of hydrogen-bond acceptors (Lipinski definition) is 27. The molecule has 0 aliphatic carbocycles. The molecule has 2 aliphatic rings. The number of phenols is 15. The fourth-order valence-corrected chi connectivity index (χ4v) is 7.13. The van der Waals surface area contributed by atoms with Crippen molar-refractivity contribution in [2.24, 2.45) is 0 Å². The smallest absolute Gasteiger partial charge is 0.339 e. The molecule has 4 unspecified atom stereocenters. The van der Waals surface area contributed by atoms with Crippen molar-refractivity contribution in [3.8, 4) is 108 Å². The van der Waals surface area contributed by atoms with E-state index in [2.05, 4.69) is 0 Å². The van der Waals surface area contributed by atoms with Gasteiger partial charge in [0.2, 0.25) is 23.0 Å². The Balaban J connectivity index is 1.52. The number of cyclic esters (lactones) is 4. The van der Waals surface area contributed by atoms with E-state index in [1.807, 2.05) is 0 Å². The highest BCUT2D eigenvalue weighted by Gasteiger charge is 2.50. The van der Waals surface area contributed by atoms with Crippen LogP contribution in [0.5, 0.6) is 86.2 Å². The molecule has 4 atom stereocenters. The second kappa shape index (κ2) is 16.7. The summed E-state index contributed by atoms with van der Waals surface area (Å²) in [6.07, 6.45) is -14.7. The van der Waals surface area contributed by atoms with Crippen LogP contribution in [0.15, 0.2) is 36.4 Å². The molecule has 0 bridgehead atoms. The Kier molecular flexibility index (Phi) is 11.4. The van der Waals surface area contributed by atoms with Crippen LogP contribution in [0.25, 0.3) is 22.3 Å². The summed E-state index contributed by atoms with van der Waals surface area (Å²) in [6, 6.07) is 2.28. The molecular weight excluding hydrogens is 924 g/mol. The molecule has 2 heterocycles. The number of benzene rings is 5. The molecule has 68 heavy (non-hydrogen) atoms. The van der Waals surface area contributed by atoms with Crippen molar-refractivity contribution in [1.82, 2.24) is 0 Å². The number of esters is 5. The number of hydrogen-bond donors (Lipinski definition) is 17. The average Bonchev–Trinajstić information content (AvgIpc) is 3.29. The minimum Gasteiger partial charge on any atom is -0.504 e. The Morgan fingerprint density at radius 1 is 0.441 bits per heavy atom. The van der Waals surface area contributed by atoms with Gasteiger partial charge in [-0.3, -0.25) is 0 Å². The lowest BCUT2D eigenvalue weighted by Gasteiger charge is -2.37. The molecule has 0 radical (unpaired) electrons. The van der Waals surface area contributed by atoms with Crippen LogP contribution in [-0.4, -0.2) is 154 Å².